The van der Waals surface area contributed by atoms with Crippen molar-refractivity contribution in [1.29, 1.82) is 0 Å². The predicted molar refractivity (Wildman–Crippen MR) is 106 cm³/mol. The molecule has 33 heavy (non-hydrogen) atoms. The highest BCUT2D eigenvalue weighted by Crippen LogP contribution is 2.56. The maximum Gasteiger partial charge on any atom is 0.450 e. The summed E-state index contributed by atoms with van der Waals surface area (Å²) in [7, 11) is -4.58. The molecule has 4 rings (SSSR count). The molecule has 0 bridgehead atoms. The zero-order valence-corrected chi connectivity index (χ0v) is 18.2. The molecule has 0 aromatic heterocycles. The van der Waals surface area contributed by atoms with E-state index in [-0.39, 0.29) is 9.92 Å². The summed E-state index contributed by atoms with van der Waals surface area (Å²) in [6, 6.07) is 6.40. The number of benzene rings is 2. The highest BCUT2D eigenvalue weighted by molar-refractivity contribution is 7.92. The monoisotopic (exact) mass is 510 g/mol. The number of Topliss-reactive ketones (excluding diaryl/α,β-unsaturated/α-hetero) is 1. The molecule has 0 amide bonds. The van der Waals surface area contributed by atoms with Crippen molar-refractivity contribution in [2.45, 2.75) is 34.8 Å². The number of fused-ring (bicyclic) bond motifs is 3. The van der Waals surface area contributed by atoms with Gasteiger partial charge in [0.25, 0.3) is 0 Å². The van der Waals surface area contributed by atoms with E-state index in [1.54, 1.807) is 0 Å². The number of rotatable bonds is 4. The molecule has 0 unspecified atom stereocenters. The summed E-state index contributed by atoms with van der Waals surface area (Å²) in [5.74, 6) is -6.31. The van der Waals surface area contributed by atoms with Crippen LogP contribution in [-0.2, 0) is 24.1 Å². The first-order chi connectivity index (χ1) is 15.4. The van der Waals surface area contributed by atoms with Crippen molar-refractivity contribution < 1.29 is 44.6 Å². The summed E-state index contributed by atoms with van der Waals surface area (Å²) in [5.41, 5.74) is -0.624. The smallest absolute Gasteiger partial charge is 0.450 e. The fourth-order valence-electron chi connectivity index (χ4n) is 4.55. The second kappa shape index (κ2) is 8.21. The molecule has 0 saturated carbocycles. The topological polar surface area (TPSA) is 69.7 Å². The van der Waals surface area contributed by atoms with Gasteiger partial charge in [0, 0.05) is 24.0 Å². The lowest BCUT2D eigenvalue weighted by Crippen LogP contribution is -2.58. The van der Waals surface area contributed by atoms with Gasteiger partial charge in [0.1, 0.15) is 10.6 Å². The first-order valence-corrected chi connectivity index (χ1v) is 11.6. The number of carbonyl (C=O) groups is 1. The molecule has 178 valence electrons. The van der Waals surface area contributed by atoms with Crippen molar-refractivity contribution in [3.8, 4) is 5.75 Å². The molecule has 0 N–H and O–H groups in total. The van der Waals surface area contributed by atoms with Crippen molar-refractivity contribution in [2.75, 3.05) is 13.2 Å². The zero-order valence-electron chi connectivity index (χ0n) is 16.7. The van der Waals surface area contributed by atoms with Gasteiger partial charge in [0.2, 0.25) is 5.78 Å². The number of ether oxygens (including phenoxy) is 2. The van der Waals surface area contributed by atoms with E-state index in [1.807, 2.05) is 0 Å². The molecule has 1 saturated heterocycles. The molecule has 0 spiro atoms. The molecule has 0 aliphatic carbocycles. The molecule has 0 radical (unpaired) electrons. The van der Waals surface area contributed by atoms with Crippen molar-refractivity contribution in [1.82, 2.24) is 0 Å². The highest BCUT2D eigenvalue weighted by atomic mass is 35.5. The largest absolute Gasteiger partial charge is 0.490 e. The number of hydrogen-bond donors (Lipinski definition) is 0. The van der Waals surface area contributed by atoms with Crippen LogP contribution < -0.4 is 4.74 Å². The Balaban J connectivity index is 1.95. The lowest BCUT2D eigenvalue weighted by Gasteiger charge is -2.50. The van der Waals surface area contributed by atoms with E-state index in [0.717, 1.165) is 12.1 Å². The van der Waals surface area contributed by atoms with Crippen LogP contribution in [0.4, 0.5) is 22.0 Å². The minimum Gasteiger partial charge on any atom is -0.490 e. The van der Waals surface area contributed by atoms with E-state index in [0.29, 0.717) is 0 Å². The number of alkyl halides is 3. The van der Waals surface area contributed by atoms with Gasteiger partial charge in [-0.2, -0.15) is 13.2 Å². The van der Waals surface area contributed by atoms with Crippen LogP contribution in [0.15, 0.2) is 41.3 Å². The molecule has 2 aromatic rings. The first-order valence-electron chi connectivity index (χ1n) is 9.72. The molecule has 3 atom stereocenters. The van der Waals surface area contributed by atoms with Gasteiger partial charge >= 0.3 is 6.18 Å². The average molecular weight is 511 g/mol. The summed E-state index contributed by atoms with van der Waals surface area (Å²) < 4.78 is 105. The first kappa shape index (κ1) is 23.9. The minimum atomic E-state index is -5.18. The third kappa shape index (κ3) is 3.79. The summed E-state index contributed by atoms with van der Waals surface area (Å²) in [6.07, 6.45) is -8.33. The van der Waals surface area contributed by atoms with Crippen molar-refractivity contribution >= 4 is 27.2 Å². The third-order valence-electron chi connectivity index (χ3n) is 6.05. The van der Waals surface area contributed by atoms with Crippen LogP contribution in [-0.4, -0.2) is 39.7 Å². The van der Waals surface area contributed by atoms with E-state index in [9.17, 15) is 30.8 Å². The molecule has 5 nitrogen and oxygen atoms in total. The van der Waals surface area contributed by atoms with Crippen LogP contribution in [0, 0.1) is 17.6 Å². The second-order valence-corrected chi connectivity index (χ2v) is 10.4. The second-order valence-electron chi connectivity index (χ2n) is 7.78. The van der Waals surface area contributed by atoms with Crippen LogP contribution in [0.1, 0.15) is 18.4 Å². The van der Waals surface area contributed by atoms with Crippen LogP contribution in [0.2, 0.25) is 5.02 Å². The van der Waals surface area contributed by atoms with Gasteiger partial charge in [-0.15, -0.1) is 0 Å². The van der Waals surface area contributed by atoms with E-state index in [2.05, 4.69) is 0 Å². The zero-order chi connectivity index (χ0) is 24.2. The Morgan fingerprint density at radius 1 is 1.09 bits per heavy atom. The highest BCUT2D eigenvalue weighted by Gasteiger charge is 2.62. The van der Waals surface area contributed by atoms with Crippen LogP contribution in [0.3, 0.4) is 0 Å². The van der Waals surface area contributed by atoms with Crippen molar-refractivity contribution in [3.63, 3.8) is 0 Å². The van der Waals surface area contributed by atoms with Gasteiger partial charge in [-0.25, -0.2) is 17.2 Å². The van der Waals surface area contributed by atoms with E-state index < -0.39 is 87.6 Å². The van der Waals surface area contributed by atoms with E-state index in [4.69, 9.17) is 21.1 Å². The summed E-state index contributed by atoms with van der Waals surface area (Å²) in [5, 5.41) is 0.216. The van der Waals surface area contributed by atoms with Gasteiger partial charge < -0.3 is 9.47 Å². The van der Waals surface area contributed by atoms with Gasteiger partial charge in [0.15, 0.2) is 21.4 Å². The number of hydrogen-bond acceptors (Lipinski definition) is 5. The number of sulfone groups is 1. The molecule has 2 heterocycles. The van der Waals surface area contributed by atoms with E-state index >= 15 is 4.39 Å². The Kier molecular flexibility index (Phi) is 5.95. The molecular weight excluding hydrogens is 495 g/mol. The quantitative estimate of drug-likeness (QED) is 0.562. The fraction of sp³-hybridized carbons (Fsp3) is 0.381. The van der Waals surface area contributed by atoms with Gasteiger partial charge in [-0.05, 0) is 42.8 Å². The predicted octanol–water partition coefficient (Wildman–Crippen LogP) is 4.61. The Bertz CT molecular complexity index is 1200. The normalized spacial score (nSPS) is 25.0. The Hall–Kier alpha value is -2.24. The molecule has 12 heteroatoms. The van der Waals surface area contributed by atoms with Gasteiger partial charge in [-0.3, -0.25) is 4.79 Å². The molecule has 2 aliphatic heterocycles. The van der Waals surface area contributed by atoms with Gasteiger partial charge in [-0.1, -0.05) is 11.6 Å². The van der Waals surface area contributed by atoms with Gasteiger partial charge in [0.05, 0.1) is 23.2 Å². The fourth-order valence-corrected chi connectivity index (χ4v) is 7.02. The lowest BCUT2D eigenvalue weighted by atomic mass is 9.74. The maximum absolute atomic E-state index is 15.1. The SMILES string of the molecule is O=C(C[C@@H]1OCC[C@@]2(S(=O)(=O)c3ccc(Cl)cc3)c3c(F)ccc(F)c3OC[C@@H]12)C(F)(F)F. The number of carbonyl (C=O) groups excluding carboxylic acids is 1. The molecule has 1 fully saturated rings. The summed E-state index contributed by atoms with van der Waals surface area (Å²) >= 11 is 5.85. The lowest BCUT2D eigenvalue weighted by molar-refractivity contribution is -0.177. The summed E-state index contributed by atoms with van der Waals surface area (Å²) in [4.78, 5) is 11.4. The average Bonchev–Trinajstić information content (AvgIpc) is 2.75. The Morgan fingerprint density at radius 2 is 1.73 bits per heavy atom. The standard InChI is InChI=1S/C21H16ClF5O5S/c22-11-1-3-12(4-2-11)33(29,30)20-7-8-31-16(9-17(28)21(25,26)27)13(20)10-32-19-15(24)6-5-14(23)18(19)20/h1-6,13,16H,7-10H2/t13-,16-,20-/m0/s1. The Morgan fingerprint density at radius 3 is 2.36 bits per heavy atom. The van der Waals surface area contributed by atoms with Crippen LogP contribution in [0.5, 0.6) is 5.75 Å². The maximum atomic E-state index is 15.1. The van der Waals surface area contributed by atoms with Crippen LogP contribution >= 0.6 is 11.6 Å². The van der Waals surface area contributed by atoms with E-state index in [1.165, 1.54) is 24.3 Å². The number of ketones is 1. The summed E-state index contributed by atoms with van der Waals surface area (Å²) in [6.45, 7) is -1.01. The molecular formula is C21H16ClF5O5S. The van der Waals surface area contributed by atoms with Crippen molar-refractivity contribution in [2.24, 2.45) is 5.92 Å². The minimum absolute atomic E-state index is 0.216. The third-order valence-corrected chi connectivity index (χ3v) is 8.86. The van der Waals surface area contributed by atoms with Crippen molar-refractivity contribution in [3.05, 3.63) is 58.6 Å². The number of halogens is 6. The van der Waals surface area contributed by atoms with Crippen LogP contribution in [0.25, 0.3) is 0 Å². The molecule has 2 aromatic carbocycles. The molecule has 2 aliphatic rings. The Labute approximate surface area is 190 Å².